The standard InChI is InChI=1S/C31H26BF3N4O2/c32-26-18-37-29-25(26)14-9-21(24-3-1-2-4-28(24)40)15-27(29)36-16-19-5-7-20(8-6-19)17-38-30(41)39-23-12-10-22(11-13-23)31(33,34)35/h1-13,15,18,29,36,40H,14,16-17H2,(H2,38,39,41). The third kappa shape index (κ3) is 6.71. The normalized spacial score (nSPS) is 16.4. The lowest BCUT2D eigenvalue weighted by molar-refractivity contribution is -0.137. The first kappa shape index (κ1) is 27.8. The molecule has 1 atom stereocenters. The molecule has 4 N–H and O–H groups in total. The molecule has 0 saturated carbocycles. The lowest BCUT2D eigenvalue weighted by Crippen LogP contribution is -2.28. The van der Waals surface area contributed by atoms with Crippen molar-refractivity contribution in [1.29, 1.82) is 0 Å². The lowest BCUT2D eigenvalue weighted by Gasteiger charge is -2.18. The largest absolute Gasteiger partial charge is 0.507 e. The highest BCUT2D eigenvalue weighted by atomic mass is 19.4. The number of rotatable bonds is 7. The van der Waals surface area contributed by atoms with Crippen LogP contribution in [0.15, 0.2) is 107 Å². The summed E-state index contributed by atoms with van der Waals surface area (Å²) in [6.07, 6.45) is 1.92. The summed E-state index contributed by atoms with van der Waals surface area (Å²) < 4.78 is 38.1. The van der Waals surface area contributed by atoms with Crippen molar-refractivity contribution in [1.82, 2.24) is 10.6 Å². The third-order valence-corrected chi connectivity index (χ3v) is 6.87. The highest BCUT2D eigenvalue weighted by Gasteiger charge is 2.30. The molecule has 2 aliphatic rings. The van der Waals surface area contributed by atoms with E-state index in [9.17, 15) is 23.1 Å². The van der Waals surface area contributed by atoms with Crippen LogP contribution in [0.2, 0.25) is 0 Å². The molecule has 41 heavy (non-hydrogen) atoms. The van der Waals surface area contributed by atoms with Crippen molar-refractivity contribution in [3.05, 3.63) is 124 Å². The predicted octanol–water partition coefficient (Wildman–Crippen LogP) is 6.07. The molecule has 3 aromatic rings. The third-order valence-electron chi connectivity index (χ3n) is 6.87. The maximum atomic E-state index is 12.7. The number of aliphatic imine (C=N–C) groups is 1. The molecule has 1 aliphatic heterocycles. The van der Waals surface area contributed by atoms with E-state index in [-0.39, 0.29) is 24.0 Å². The molecule has 206 valence electrons. The van der Waals surface area contributed by atoms with Crippen molar-refractivity contribution in [2.75, 3.05) is 5.32 Å². The number of anilines is 1. The number of carbonyl (C=O) groups excluding carboxylic acids is 1. The number of amides is 2. The van der Waals surface area contributed by atoms with Gasteiger partial charge in [-0.3, -0.25) is 4.99 Å². The van der Waals surface area contributed by atoms with E-state index < -0.39 is 17.8 Å². The van der Waals surface area contributed by atoms with Gasteiger partial charge < -0.3 is 21.1 Å². The van der Waals surface area contributed by atoms with Crippen molar-refractivity contribution in [3.8, 4) is 5.75 Å². The fourth-order valence-electron chi connectivity index (χ4n) is 4.64. The van der Waals surface area contributed by atoms with E-state index in [0.717, 1.165) is 45.7 Å². The van der Waals surface area contributed by atoms with E-state index in [1.54, 1.807) is 18.3 Å². The van der Waals surface area contributed by atoms with E-state index in [2.05, 4.69) is 20.9 Å². The first-order valence-electron chi connectivity index (χ1n) is 12.9. The summed E-state index contributed by atoms with van der Waals surface area (Å²) in [4.78, 5) is 16.8. The maximum Gasteiger partial charge on any atom is 0.416 e. The first-order chi connectivity index (χ1) is 19.7. The topological polar surface area (TPSA) is 85.8 Å². The molecule has 3 aromatic carbocycles. The second-order valence-corrected chi connectivity index (χ2v) is 9.69. The molecule has 6 nitrogen and oxygen atoms in total. The lowest BCUT2D eigenvalue weighted by atomic mass is 9.88. The van der Waals surface area contributed by atoms with Crippen LogP contribution in [0.3, 0.4) is 0 Å². The SMILES string of the molecule is [B]C1=C2CC=C(c3ccccc3O)C=C(NCc3ccc(CNC(=O)Nc4ccc(C(F)(F)F)cc4)cc3)C2N=C1. The van der Waals surface area contributed by atoms with Gasteiger partial charge in [-0.25, -0.2) is 4.79 Å². The molecule has 2 radical (unpaired) electrons. The van der Waals surface area contributed by atoms with Gasteiger partial charge in [-0.1, -0.05) is 54.0 Å². The number of fused-ring (bicyclic) bond motifs is 1. The summed E-state index contributed by atoms with van der Waals surface area (Å²) in [7, 11) is 6.19. The molecule has 0 bridgehead atoms. The van der Waals surface area contributed by atoms with Crippen molar-refractivity contribution < 1.29 is 23.1 Å². The number of hydrogen-bond acceptors (Lipinski definition) is 4. The van der Waals surface area contributed by atoms with Gasteiger partial charge in [0.15, 0.2) is 0 Å². The van der Waals surface area contributed by atoms with E-state index in [1.807, 2.05) is 48.6 Å². The molecule has 0 saturated heterocycles. The van der Waals surface area contributed by atoms with Crippen LogP contribution in [-0.2, 0) is 19.3 Å². The van der Waals surface area contributed by atoms with Gasteiger partial charge in [0.25, 0.3) is 0 Å². The molecule has 0 spiro atoms. The van der Waals surface area contributed by atoms with Crippen molar-refractivity contribution in [2.45, 2.75) is 31.7 Å². The number of allylic oxidation sites excluding steroid dienone is 4. The summed E-state index contributed by atoms with van der Waals surface area (Å²) in [6.45, 7) is 0.755. The number of halogens is 3. The number of phenolic OH excluding ortho intramolecular Hbond substituents is 1. The summed E-state index contributed by atoms with van der Waals surface area (Å²) >= 11 is 0. The summed E-state index contributed by atoms with van der Waals surface area (Å²) in [5.41, 5.74) is 5.47. The fraction of sp³-hybridized carbons (Fsp3) is 0.161. The highest BCUT2D eigenvalue weighted by Crippen LogP contribution is 2.35. The highest BCUT2D eigenvalue weighted by molar-refractivity contribution is 6.34. The Morgan fingerprint density at radius 1 is 0.976 bits per heavy atom. The molecule has 1 unspecified atom stereocenters. The quantitative estimate of drug-likeness (QED) is 0.268. The molecule has 10 heteroatoms. The van der Waals surface area contributed by atoms with Gasteiger partial charge in [0.05, 0.1) is 5.56 Å². The minimum Gasteiger partial charge on any atom is -0.507 e. The van der Waals surface area contributed by atoms with Crippen LogP contribution >= 0.6 is 0 Å². The Morgan fingerprint density at radius 3 is 2.34 bits per heavy atom. The summed E-state index contributed by atoms with van der Waals surface area (Å²) in [5, 5.41) is 19.1. The van der Waals surface area contributed by atoms with Gasteiger partial charge in [0.1, 0.15) is 19.6 Å². The predicted molar refractivity (Wildman–Crippen MR) is 154 cm³/mol. The molecule has 1 heterocycles. The number of aromatic hydroxyl groups is 1. The second-order valence-electron chi connectivity index (χ2n) is 9.69. The van der Waals surface area contributed by atoms with Crippen LogP contribution in [0.25, 0.3) is 5.57 Å². The number of alkyl halides is 3. The summed E-state index contributed by atoms with van der Waals surface area (Å²) in [5.74, 6) is 0.198. The minimum atomic E-state index is -4.43. The van der Waals surface area contributed by atoms with Gasteiger partial charge in [0, 0.05) is 36.3 Å². The zero-order chi connectivity index (χ0) is 29.0. The molecular formula is C31H26BF3N4O2. The van der Waals surface area contributed by atoms with Crippen molar-refractivity contribution in [2.24, 2.45) is 4.99 Å². The minimum absolute atomic E-state index is 0.198. The number of hydrogen-bond donors (Lipinski definition) is 4. The van der Waals surface area contributed by atoms with Crippen LogP contribution in [0, 0.1) is 0 Å². The zero-order valence-corrected chi connectivity index (χ0v) is 21.9. The van der Waals surface area contributed by atoms with Gasteiger partial charge in [-0.15, -0.1) is 0 Å². The van der Waals surface area contributed by atoms with Crippen LogP contribution in [-0.4, -0.2) is 31.2 Å². The first-order valence-corrected chi connectivity index (χ1v) is 12.9. The van der Waals surface area contributed by atoms with Gasteiger partial charge in [-0.2, -0.15) is 13.2 Å². The smallest absolute Gasteiger partial charge is 0.416 e. The number of para-hydroxylation sites is 1. The van der Waals surface area contributed by atoms with Crippen LogP contribution in [0.1, 0.15) is 28.7 Å². The Hall–Kier alpha value is -4.73. The Kier molecular flexibility index (Phi) is 8.01. The molecule has 0 fully saturated rings. The monoisotopic (exact) mass is 554 g/mol. The van der Waals surface area contributed by atoms with Crippen LogP contribution in [0.5, 0.6) is 5.75 Å². The van der Waals surface area contributed by atoms with Gasteiger partial charge in [0.2, 0.25) is 0 Å². The molecular weight excluding hydrogens is 528 g/mol. The van der Waals surface area contributed by atoms with E-state index >= 15 is 0 Å². The Morgan fingerprint density at radius 2 is 1.66 bits per heavy atom. The molecule has 2 amide bonds. The number of phenols is 1. The van der Waals surface area contributed by atoms with Crippen molar-refractivity contribution >= 4 is 31.4 Å². The number of carbonyl (C=O) groups is 1. The molecule has 0 aromatic heterocycles. The van der Waals surface area contributed by atoms with Crippen LogP contribution in [0.4, 0.5) is 23.7 Å². The zero-order valence-electron chi connectivity index (χ0n) is 21.9. The fourth-order valence-corrected chi connectivity index (χ4v) is 4.64. The Bertz CT molecular complexity index is 1560. The molecule has 1 aliphatic carbocycles. The number of nitrogens with zero attached hydrogens (tertiary/aromatic N) is 1. The van der Waals surface area contributed by atoms with Crippen molar-refractivity contribution in [3.63, 3.8) is 0 Å². The Labute approximate surface area is 236 Å². The van der Waals surface area contributed by atoms with Crippen LogP contribution < -0.4 is 16.0 Å². The maximum absolute atomic E-state index is 12.7. The average Bonchev–Trinajstić information content (AvgIpc) is 3.21. The Balaban J connectivity index is 1.19. The van der Waals surface area contributed by atoms with Gasteiger partial charge in [-0.05, 0) is 65.1 Å². The van der Waals surface area contributed by atoms with E-state index in [4.69, 9.17) is 7.85 Å². The number of benzene rings is 3. The summed E-state index contributed by atoms with van der Waals surface area (Å²) in [6, 6.07) is 18.4. The number of urea groups is 1. The van der Waals surface area contributed by atoms with E-state index in [1.165, 1.54) is 12.1 Å². The molecule has 5 rings (SSSR count). The number of nitrogens with one attached hydrogen (secondary N) is 3. The van der Waals surface area contributed by atoms with E-state index in [0.29, 0.717) is 18.4 Å². The second kappa shape index (κ2) is 11.8. The van der Waals surface area contributed by atoms with Gasteiger partial charge >= 0.3 is 12.2 Å². The average molecular weight is 554 g/mol.